The summed E-state index contributed by atoms with van der Waals surface area (Å²) in [5.41, 5.74) is 13.1. The summed E-state index contributed by atoms with van der Waals surface area (Å²) in [6, 6.07) is 8.37. The number of nitrogens with two attached hydrogens (primary N) is 2. The van der Waals surface area contributed by atoms with Gasteiger partial charge in [0.15, 0.2) is 0 Å². The Morgan fingerprint density at radius 1 is 1.22 bits per heavy atom. The molecule has 3 aromatic rings. The molecule has 5 rings (SSSR count). The van der Waals surface area contributed by atoms with E-state index in [1.807, 2.05) is 11.3 Å². The Morgan fingerprint density at radius 2 is 1.97 bits per heavy atom. The third kappa shape index (κ3) is 6.41. The maximum absolute atomic E-state index is 12.2. The molecule has 1 atom stereocenters. The van der Waals surface area contributed by atoms with Crippen LogP contribution in [0.2, 0.25) is 0 Å². The number of piperidine rings is 1. The number of likely N-dealkylation sites (tertiary alicyclic amines) is 1. The number of hydrogen-bond donors (Lipinski definition) is 4. The van der Waals surface area contributed by atoms with Crippen molar-refractivity contribution in [2.45, 2.75) is 38.5 Å². The molecule has 11 heteroatoms. The molecule has 196 valence electrons. The van der Waals surface area contributed by atoms with Crippen molar-refractivity contribution in [2.24, 2.45) is 5.92 Å². The van der Waals surface area contributed by atoms with Gasteiger partial charge in [-0.2, -0.15) is 0 Å². The Bertz CT molecular complexity index is 1240. The van der Waals surface area contributed by atoms with Crippen LogP contribution in [0.15, 0.2) is 30.5 Å². The molecule has 0 spiro atoms. The molecule has 2 amide bonds. The van der Waals surface area contributed by atoms with Crippen molar-refractivity contribution in [2.75, 3.05) is 43.1 Å². The van der Waals surface area contributed by atoms with E-state index < -0.39 is 11.8 Å². The van der Waals surface area contributed by atoms with Gasteiger partial charge < -0.3 is 31.8 Å². The zero-order valence-corrected chi connectivity index (χ0v) is 21.7. The number of para-hydroxylation sites is 1. The average Bonchev–Trinajstić information content (AvgIpc) is 3.35. The SMILES string of the molecule is CC1CCCN(C(=O)C(=O)Nc2cnc(N)c(C=N)c2N)C1.c1ccc2sc(C3CCOCC3)nc2c1. The van der Waals surface area contributed by atoms with Crippen LogP contribution in [0, 0.1) is 11.3 Å². The van der Waals surface area contributed by atoms with Crippen LogP contribution in [0.25, 0.3) is 10.2 Å². The maximum atomic E-state index is 12.2. The van der Waals surface area contributed by atoms with Crippen molar-refractivity contribution < 1.29 is 14.3 Å². The second kappa shape index (κ2) is 12.1. The highest BCUT2D eigenvalue weighted by molar-refractivity contribution is 7.18. The largest absolute Gasteiger partial charge is 0.396 e. The van der Waals surface area contributed by atoms with Crippen LogP contribution in [-0.2, 0) is 14.3 Å². The first kappa shape index (κ1) is 26.5. The third-order valence-corrected chi connectivity index (χ3v) is 7.80. The van der Waals surface area contributed by atoms with Crippen LogP contribution in [0.3, 0.4) is 0 Å². The fourth-order valence-corrected chi connectivity index (χ4v) is 5.65. The van der Waals surface area contributed by atoms with Gasteiger partial charge in [0.05, 0.1) is 38.4 Å². The molecule has 10 nitrogen and oxygen atoms in total. The minimum Gasteiger partial charge on any atom is -0.396 e. The molecule has 1 aromatic carbocycles. The van der Waals surface area contributed by atoms with Gasteiger partial charge in [-0.05, 0) is 43.7 Å². The van der Waals surface area contributed by atoms with Gasteiger partial charge in [-0.25, -0.2) is 9.97 Å². The molecule has 2 aliphatic heterocycles. The smallest absolute Gasteiger partial charge is 0.314 e. The minimum atomic E-state index is -0.761. The lowest BCUT2D eigenvalue weighted by molar-refractivity contribution is -0.144. The van der Waals surface area contributed by atoms with Gasteiger partial charge in [-0.1, -0.05) is 19.1 Å². The summed E-state index contributed by atoms with van der Waals surface area (Å²) in [7, 11) is 0. The Hall–Kier alpha value is -3.57. The first-order chi connectivity index (χ1) is 17.9. The molecule has 0 radical (unpaired) electrons. The Morgan fingerprint density at radius 3 is 2.68 bits per heavy atom. The number of fused-ring (bicyclic) bond motifs is 1. The van der Waals surface area contributed by atoms with Crippen molar-refractivity contribution in [3.63, 3.8) is 0 Å². The molecule has 0 bridgehead atoms. The summed E-state index contributed by atoms with van der Waals surface area (Å²) < 4.78 is 6.68. The van der Waals surface area contributed by atoms with Crippen LogP contribution in [0.4, 0.5) is 17.2 Å². The van der Waals surface area contributed by atoms with Crippen molar-refractivity contribution >= 4 is 56.8 Å². The van der Waals surface area contributed by atoms with E-state index in [1.165, 1.54) is 15.9 Å². The Balaban J connectivity index is 0.000000184. The summed E-state index contributed by atoms with van der Waals surface area (Å²) in [6.07, 6.45) is 6.44. The fraction of sp³-hybridized carbons (Fsp3) is 0.423. The molecule has 4 heterocycles. The number of benzene rings is 1. The molecule has 2 aromatic heterocycles. The Labute approximate surface area is 219 Å². The van der Waals surface area contributed by atoms with Gasteiger partial charge in [-0.3, -0.25) is 9.59 Å². The van der Waals surface area contributed by atoms with E-state index >= 15 is 0 Å². The normalized spacial score (nSPS) is 18.1. The van der Waals surface area contributed by atoms with Crippen molar-refractivity contribution in [1.29, 1.82) is 5.41 Å². The predicted molar refractivity (Wildman–Crippen MR) is 147 cm³/mol. The summed E-state index contributed by atoms with van der Waals surface area (Å²) >= 11 is 1.84. The molecular weight excluding hydrogens is 490 g/mol. The van der Waals surface area contributed by atoms with Gasteiger partial charge in [0.1, 0.15) is 5.82 Å². The number of anilines is 3. The number of nitrogens with one attached hydrogen (secondary N) is 2. The van der Waals surface area contributed by atoms with E-state index in [0.29, 0.717) is 24.9 Å². The first-order valence-electron chi connectivity index (χ1n) is 12.4. The van der Waals surface area contributed by atoms with E-state index in [4.69, 9.17) is 26.6 Å². The second-order valence-corrected chi connectivity index (χ2v) is 10.5. The molecule has 2 fully saturated rings. The quantitative estimate of drug-likeness (QED) is 0.301. The van der Waals surface area contributed by atoms with Crippen LogP contribution in [0.5, 0.6) is 0 Å². The number of ether oxygens (including phenoxy) is 1. The summed E-state index contributed by atoms with van der Waals surface area (Å²) in [5.74, 6) is -0.237. The second-order valence-electron chi connectivity index (χ2n) is 9.39. The summed E-state index contributed by atoms with van der Waals surface area (Å²) in [6.45, 7) is 4.99. The molecule has 37 heavy (non-hydrogen) atoms. The number of nitrogen functional groups attached to an aromatic ring is 2. The molecule has 0 aliphatic carbocycles. The lowest BCUT2D eigenvalue weighted by atomic mass is 10.0. The minimum absolute atomic E-state index is 0.0988. The number of amides is 2. The van der Waals surface area contributed by atoms with E-state index in [9.17, 15) is 9.59 Å². The molecule has 6 N–H and O–H groups in total. The number of hydrogen-bond acceptors (Lipinski definition) is 9. The summed E-state index contributed by atoms with van der Waals surface area (Å²) in [5, 5.41) is 11.0. The highest BCUT2D eigenvalue weighted by atomic mass is 32.1. The number of rotatable bonds is 3. The zero-order chi connectivity index (χ0) is 26.4. The fourth-order valence-electron chi connectivity index (χ4n) is 4.51. The van der Waals surface area contributed by atoms with Crippen LogP contribution in [0.1, 0.15) is 49.1 Å². The lowest BCUT2D eigenvalue weighted by Crippen LogP contribution is -2.44. The molecule has 0 saturated carbocycles. The summed E-state index contributed by atoms with van der Waals surface area (Å²) in [4.78, 5) is 34.3. The predicted octanol–water partition coefficient (Wildman–Crippen LogP) is 3.63. The van der Waals surface area contributed by atoms with Crippen molar-refractivity contribution in [3.8, 4) is 0 Å². The number of carbonyl (C=O) groups excluding carboxylic acids is 2. The van der Waals surface area contributed by atoms with Crippen LogP contribution >= 0.6 is 11.3 Å². The highest BCUT2D eigenvalue weighted by Gasteiger charge is 2.27. The van der Waals surface area contributed by atoms with E-state index in [-0.39, 0.29) is 22.8 Å². The molecule has 1 unspecified atom stereocenters. The number of nitrogens with zero attached hydrogens (tertiary/aromatic N) is 3. The van der Waals surface area contributed by atoms with Crippen molar-refractivity contribution in [1.82, 2.24) is 14.9 Å². The Kier molecular flexibility index (Phi) is 8.67. The number of carbonyl (C=O) groups is 2. The van der Waals surface area contributed by atoms with E-state index in [1.54, 1.807) is 4.90 Å². The van der Waals surface area contributed by atoms with Gasteiger partial charge >= 0.3 is 11.8 Å². The van der Waals surface area contributed by atoms with Crippen LogP contribution in [-0.4, -0.2) is 59.2 Å². The molecular formula is C26H33N7O3S. The van der Waals surface area contributed by atoms with Crippen molar-refractivity contribution in [3.05, 3.63) is 41.0 Å². The zero-order valence-electron chi connectivity index (χ0n) is 20.9. The van der Waals surface area contributed by atoms with Gasteiger partial charge in [0.2, 0.25) is 0 Å². The molecule has 2 aliphatic rings. The lowest BCUT2D eigenvalue weighted by Gasteiger charge is -2.30. The van der Waals surface area contributed by atoms with Gasteiger partial charge in [-0.15, -0.1) is 11.3 Å². The number of aromatic nitrogens is 2. The van der Waals surface area contributed by atoms with E-state index in [0.717, 1.165) is 50.6 Å². The van der Waals surface area contributed by atoms with E-state index in [2.05, 4.69) is 41.5 Å². The monoisotopic (exact) mass is 523 g/mol. The number of thiazole rings is 1. The molecule has 2 saturated heterocycles. The number of pyridine rings is 1. The first-order valence-corrected chi connectivity index (χ1v) is 13.3. The van der Waals surface area contributed by atoms with Gasteiger partial charge in [0, 0.05) is 38.4 Å². The highest BCUT2D eigenvalue weighted by Crippen LogP contribution is 2.33. The third-order valence-electron chi connectivity index (χ3n) is 6.60. The van der Waals surface area contributed by atoms with Gasteiger partial charge in [0.25, 0.3) is 0 Å². The van der Waals surface area contributed by atoms with Crippen LogP contribution < -0.4 is 16.8 Å². The average molecular weight is 524 g/mol. The maximum Gasteiger partial charge on any atom is 0.314 e. The standard InChI is InChI=1S/C14H20N6O2.C12H13NOS/c1-8-3-2-4-20(7-8)14(22)13(21)19-10-6-18-12(17)9(5-15)11(10)16;1-2-4-11-10(3-1)13-12(15-11)9-5-7-14-8-6-9/h5-6,8,15H,2-4,7H2,1H3,(H,19,21)(H4,16,17,18);1-4,9H,5-8H2. The topological polar surface area (TPSA) is 160 Å².